The summed E-state index contributed by atoms with van der Waals surface area (Å²) < 4.78 is 12.3. The summed E-state index contributed by atoms with van der Waals surface area (Å²) in [5.41, 5.74) is 0.447. The third kappa shape index (κ3) is 8.15. The van der Waals surface area contributed by atoms with E-state index >= 15 is 0 Å². The normalized spacial score (nSPS) is 11.8. The molecule has 0 aliphatic carbocycles. The van der Waals surface area contributed by atoms with Gasteiger partial charge in [0.2, 0.25) is 0 Å². The molecule has 0 aliphatic rings. The van der Waals surface area contributed by atoms with Gasteiger partial charge in [0.15, 0.2) is 5.82 Å². The van der Waals surface area contributed by atoms with Crippen molar-refractivity contribution in [1.82, 2.24) is 9.97 Å². The maximum Gasteiger partial charge on any atom is 0.159 e. The van der Waals surface area contributed by atoms with Gasteiger partial charge in [0.05, 0.1) is 12.4 Å². The van der Waals surface area contributed by atoms with Crippen LogP contribution in [0.2, 0.25) is 0 Å². The Hall–Kier alpha value is -0.990. The van der Waals surface area contributed by atoms with E-state index in [-0.39, 0.29) is 5.41 Å². The number of nitrogens with zero attached hydrogens (tertiary/aromatic N) is 2. The van der Waals surface area contributed by atoms with Crippen LogP contribution in [0.5, 0.6) is 0 Å². The van der Waals surface area contributed by atoms with Gasteiger partial charge in [-0.2, -0.15) is 0 Å². The zero-order chi connectivity index (χ0) is 14.4. The van der Waals surface area contributed by atoms with Gasteiger partial charge in [-0.05, 0) is 11.8 Å². The first-order chi connectivity index (χ1) is 8.06. The van der Waals surface area contributed by atoms with E-state index in [1.165, 1.54) is 25.2 Å². The zero-order valence-electron chi connectivity index (χ0n) is 12.8. The lowest BCUT2D eigenvalue weighted by Gasteiger charge is -2.15. The molecule has 1 aromatic rings. The van der Waals surface area contributed by atoms with Crippen LogP contribution >= 0.6 is 0 Å². The molecule has 3 heteroatoms. The van der Waals surface area contributed by atoms with Gasteiger partial charge in [0.25, 0.3) is 0 Å². The molecule has 0 fully saturated rings. The van der Waals surface area contributed by atoms with E-state index in [0.29, 0.717) is 11.2 Å². The fourth-order valence-electron chi connectivity index (χ4n) is 1.45. The average Bonchev–Trinajstić information content (AvgIpc) is 2.15. The molecule has 0 aromatic carbocycles. The van der Waals surface area contributed by atoms with Crippen LogP contribution in [0.15, 0.2) is 12.4 Å². The quantitative estimate of drug-likeness (QED) is 0.723. The molecule has 0 saturated heterocycles. The lowest BCUT2D eigenvalue weighted by atomic mass is 9.91. The molecule has 104 valence electrons. The molecule has 0 atom stereocenters. The van der Waals surface area contributed by atoms with Crippen molar-refractivity contribution in [3.8, 4) is 0 Å². The molecule has 0 spiro atoms. The molecule has 0 bridgehead atoms. The van der Waals surface area contributed by atoms with Gasteiger partial charge < -0.3 is 0 Å². The summed E-state index contributed by atoms with van der Waals surface area (Å²) in [7, 11) is 0. The molecule has 1 rings (SSSR count). The van der Waals surface area contributed by atoms with E-state index in [2.05, 4.69) is 37.7 Å². The first kappa shape index (κ1) is 17.0. The highest BCUT2D eigenvalue weighted by Crippen LogP contribution is 2.19. The minimum absolute atomic E-state index is 0.103. The highest BCUT2D eigenvalue weighted by atomic mass is 19.1. The van der Waals surface area contributed by atoms with Gasteiger partial charge in [-0.1, -0.05) is 54.9 Å². The van der Waals surface area contributed by atoms with Crippen LogP contribution < -0.4 is 0 Å². The second-order valence-corrected chi connectivity index (χ2v) is 6.79. The topological polar surface area (TPSA) is 25.8 Å². The standard InChI is InChI=1S/C8H11FN2.C7H16/c1-8(2,3)7-10-4-6(9)5-11-7;1-5-6-7(2,3)4/h4-5H,1-3H3;5-6H2,1-4H3. The van der Waals surface area contributed by atoms with Gasteiger partial charge in [-0.3, -0.25) is 0 Å². The van der Waals surface area contributed by atoms with Crippen molar-refractivity contribution < 1.29 is 4.39 Å². The van der Waals surface area contributed by atoms with Crippen molar-refractivity contribution in [1.29, 1.82) is 0 Å². The molecule has 1 heterocycles. The lowest BCUT2D eigenvalue weighted by molar-refractivity contribution is 0.373. The first-order valence-corrected chi connectivity index (χ1v) is 6.54. The van der Waals surface area contributed by atoms with Crippen molar-refractivity contribution in [3.05, 3.63) is 24.0 Å². The number of halogens is 1. The van der Waals surface area contributed by atoms with Crippen LogP contribution in [0.3, 0.4) is 0 Å². The summed E-state index contributed by atoms with van der Waals surface area (Å²) in [5.74, 6) is 0.275. The number of aromatic nitrogens is 2. The fourth-order valence-corrected chi connectivity index (χ4v) is 1.45. The molecule has 0 aliphatic heterocycles. The molecule has 0 N–H and O–H groups in total. The Kier molecular flexibility index (Phi) is 6.44. The zero-order valence-corrected chi connectivity index (χ0v) is 12.8. The number of hydrogen-bond acceptors (Lipinski definition) is 2. The molecule has 1 aromatic heterocycles. The molecule has 0 unspecified atom stereocenters. The summed E-state index contributed by atoms with van der Waals surface area (Å²) in [4.78, 5) is 7.73. The van der Waals surface area contributed by atoms with Gasteiger partial charge in [-0.25, -0.2) is 14.4 Å². The Morgan fingerprint density at radius 3 is 1.67 bits per heavy atom. The Balaban J connectivity index is 0.000000360. The fraction of sp³-hybridized carbons (Fsp3) is 0.733. The summed E-state index contributed by atoms with van der Waals surface area (Å²) in [6, 6.07) is 0. The van der Waals surface area contributed by atoms with Gasteiger partial charge in [0.1, 0.15) is 5.82 Å². The van der Waals surface area contributed by atoms with Gasteiger partial charge in [-0.15, -0.1) is 0 Å². The Bertz CT molecular complexity index is 331. The summed E-state index contributed by atoms with van der Waals surface area (Å²) >= 11 is 0. The van der Waals surface area contributed by atoms with E-state index in [0.717, 1.165) is 0 Å². The predicted octanol–water partition coefficient (Wildman–Crippen LogP) is 4.75. The van der Waals surface area contributed by atoms with E-state index in [4.69, 9.17) is 0 Å². The molecular weight excluding hydrogens is 227 g/mol. The van der Waals surface area contributed by atoms with Crippen LogP contribution in [0.4, 0.5) is 4.39 Å². The molecule has 0 radical (unpaired) electrons. The van der Waals surface area contributed by atoms with E-state index in [1.807, 2.05) is 20.8 Å². The van der Waals surface area contributed by atoms with Crippen LogP contribution in [0, 0.1) is 11.2 Å². The Morgan fingerprint density at radius 1 is 1.00 bits per heavy atom. The molecule has 18 heavy (non-hydrogen) atoms. The largest absolute Gasteiger partial charge is 0.238 e. The van der Waals surface area contributed by atoms with Crippen molar-refractivity contribution in [2.24, 2.45) is 5.41 Å². The molecule has 0 amide bonds. The maximum absolute atomic E-state index is 12.3. The predicted molar refractivity (Wildman–Crippen MR) is 75.1 cm³/mol. The van der Waals surface area contributed by atoms with Gasteiger partial charge >= 0.3 is 0 Å². The SMILES string of the molecule is CC(C)(C)c1ncc(F)cn1.CCCC(C)(C)C. The van der Waals surface area contributed by atoms with E-state index < -0.39 is 5.82 Å². The second kappa shape index (κ2) is 6.81. The van der Waals surface area contributed by atoms with Crippen LogP contribution in [0.1, 0.15) is 67.1 Å². The second-order valence-electron chi connectivity index (χ2n) is 6.79. The minimum atomic E-state index is -0.391. The Labute approximate surface area is 111 Å². The highest BCUT2D eigenvalue weighted by Gasteiger charge is 2.16. The smallest absolute Gasteiger partial charge is 0.159 e. The number of rotatable bonds is 1. The Morgan fingerprint density at radius 2 is 1.44 bits per heavy atom. The van der Waals surface area contributed by atoms with Crippen molar-refractivity contribution in [2.45, 2.75) is 66.7 Å². The lowest BCUT2D eigenvalue weighted by Crippen LogP contribution is -2.15. The average molecular weight is 254 g/mol. The molecule has 0 saturated carbocycles. The minimum Gasteiger partial charge on any atom is -0.238 e. The molecular formula is C15H27FN2. The third-order valence-corrected chi connectivity index (χ3v) is 2.29. The van der Waals surface area contributed by atoms with Crippen molar-refractivity contribution in [2.75, 3.05) is 0 Å². The summed E-state index contributed by atoms with van der Waals surface area (Å²) in [6.07, 6.45) is 5.03. The highest BCUT2D eigenvalue weighted by molar-refractivity contribution is 5.01. The van der Waals surface area contributed by atoms with E-state index in [9.17, 15) is 4.39 Å². The van der Waals surface area contributed by atoms with Crippen molar-refractivity contribution >= 4 is 0 Å². The first-order valence-electron chi connectivity index (χ1n) is 6.54. The van der Waals surface area contributed by atoms with Crippen LogP contribution in [0.25, 0.3) is 0 Å². The van der Waals surface area contributed by atoms with Crippen molar-refractivity contribution in [3.63, 3.8) is 0 Å². The summed E-state index contributed by atoms with van der Waals surface area (Å²) in [6.45, 7) is 15.0. The third-order valence-electron chi connectivity index (χ3n) is 2.29. The van der Waals surface area contributed by atoms with Crippen LogP contribution in [-0.2, 0) is 5.41 Å². The maximum atomic E-state index is 12.3. The van der Waals surface area contributed by atoms with Crippen LogP contribution in [-0.4, -0.2) is 9.97 Å². The molecule has 2 nitrogen and oxygen atoms in total. The monoisotopic (exact) mass is 254 g/mol. The van der Waals surface area contributed by atoms with Gasteiger partial charge in [0, 0.05) is 5.41 Å². The van der Waals surface area contributed by atoms with E-state index in [1.54, 1.807) is 0 Å². The number of hydrogen-bond donors (Lipinski definition) is 0. The summed E-state index contributed by atoms with van der Waals surface area (Å²) in [5, 5.41) is 0.